The average Bonchev–Trinajstić information content (AvgIpc) is 2.92. The molecule has 0 atom stereocenters. The summed E-state index contributed by atoms with van der Waals surface area (Å²) < 4.78 is 5.14. The van der Waals surface area contributed by atoms with E-state index in [0.717, 1.165) is 49.3 Å². The van der Waals surface area contributed by atoms with Gasteiger partial charge in [0.2, 0.25) is 0 Å². The van der Waals surface area contributed by atoms with Gasteiger partial charge in [-0.05, 0) is 25.0 Å². The number of amides is 1. The minimum atomic E-state index is -0.425. The molecule has 1 amide bonds. The van der Waals surface area contributed by atoms with E-state index in [4.69, 9.17) is 4.74 Å². The van der Waals surface area contributed by atoms with Crippen LogP contribution < -0.4 is 0 Å². The van der Waals surface area contributed by atoms with Gasteiger partial charge in [-0.2, -0.15) is 0 Å². The molecular formula is C18H21N3O3S. The van der Waals surface area contributed by atoms with E-state index in [1.807, 2.05) is 17.5 Å². The van der Waals surface area contributed by atoms with Gasteiger partial charge in [0.15, 0.2) is 6.61 Å². The lowest BCUT2D eigenvalue weighted by molar-refractivity contribution is -0.151. The van der Waals surface area contributed by atoms with Crippen molar-refractivity contribution in [2.45, 2.75) is 32.1 Å². The summed E-state index contributed by atoms with van der Waals surface area (Å²) in [5.74, 6) is -0.532. The first-order valence-corrected chi connectivity index (χ1v) is 9.38. The van der Waals surface area contributed by atoms with Crippen molar-refractivity contribution in [1.29, 1.82) is 0 Å². The van der Waals surface area contributed by atoms with Gasteiger partial charge in [0.05, 0.1) is 12.1 Å². The Morgan fingerprint density at radius 1 is 1.20 bits per heavy atom. The summed E-state index contributed by atoms with van der Waals surface area (Å²) in [6.07, 6.45) is 7.88. The topological polar surface area (TPSA) is 72.4 Å². The molecule has 0 bridgehead atoms. The lowest BCUT2D eigenvalue weighted by Gasteiger charge is -2.19. The molecule has 0 spiro atoms. The van der Waals surface area contributed by atoms with Crippen LogP contribution in [0.3, 0.4) is 0 Å². The van der Waals surface area contributed by atoms with E-state index in [1.54, 1.807) is 17.3 Å². The quantitative estimate of drug-likeness (QED) is 0.768. The number of carbonyl (C=O) groups excluding carboxylic acids is 2. The standard InChI is InChI=1S/C18H21N3O3S/c22-16(21-8-3-1-2-4-9-21)12-24-17(23)10-15-13-25-18(20-15)14-6-5-7-19-11-14/h5-7,11,13H,1-4,8-10,12H2. The molecule has 0 N–H and O–H groups in total. The Hall–Kier alpha value is -2.28. The summed E-state index contributed by atoms with van der Waals surface area (Å²) in [4.78, 5) is 34.4. The van der Waals surface area contributed by atoms with Crippen LogP contribution in [0.1, 0.15) is 31.4 Å². The summed E-state index contributed by atoms with van der Waals surface area (Å²) in [7, 11) is 0. The number of thiazole rings is 1. The van der Waals surface area contributed by atoms with Gasteiger partial charge >= 0.3 is 5.97 Å². The van der Waals surface area contributed by atoms with E-state index in [2.05, 4.69) is 9.97 Å². The molecule has 0 aliphatic carbocycles. The lowest BCUT2D eigenvalue weighted by Crippen LogP contribution is -2.35. The monoisotopic (exact) mass is 359 g/mol. The fraction of sp³-hybridized carbons (Fsp3) is 0.444. The maximum atomic E-state index is 12.1. The van der Waals surface area contributed by atoms with Gasteiger partial charge in [-0.25, -0.2) is 4.98 Å². The van der Waals surface area contributed by atoms with E-state index in [9.17, 15) is 9.59 Å². The van der Waals surface area contributed by atoms with Crippen molar-refractivity contribution in [3.8, 4) is 10.6 Å². The van der Waals surface area contributed by atoms with Crippen LogP contribution in [0.2, 0.25) is 0 Å². The third-order valence-electron chi connectivity index (χ3n) is 4.10. The smallest absolute Gasteiger partial charge is 0.312 e. The second kappa shape index (κ2) is 8.71. The highest BCUT2D eigenvalue weighted by molar-refractivity contribution is 7.13. The average molecular weight is 359 g/mol. The van der Waals surface area contributed by atoms with E-state index in [1.165, 1.54) is 11.3 Å². The lowest BCUT2D eigenvalue weighted by atomic mass is 10.2. The van der Waals surface area contributed by atoms with Crippen LogP contribution in [0.5, 0.6) is 0 Å². The number of hydrogen-bond donors (Lipinski definition) is 0. The normalized spacial score (nSPS) is 14.8. The van der Waals surface area contributed by atoms with Crippen LogP contribution in [0.4, 0.5) is 0 Å². The number of esters is 1. The second-order valence-electron chi connectivity index (χ2n) is 6.02. The first-order chi connectivity index (χ1) is 12.2. The molecule has 1 aliphatic heterocycles. The number of rotatable bonds is 5. The zero-order chi connectivity index (χ0) is 17.5. The molecule has 1 saturated heterocycles. The van der Waals surface area contributed by atoms with Gasteiger partial charge in [0.1, 0.15) is 5.01 Å². The Morgan fingerprint density at radius 3 is 2.72 bits per heavy atom. The minimum absolute atomic E-state index is 0.0735. The highest BCUT2D eigenvalue weighted by Crippen LogP contribution is 2.22. The number of aromatic nitrogens is 2. The van der Waals surface area contributed by atoms with Gasteiger partial charge in [0, 0.05) is 36.4 Å². The Morgan fingerprint density at radius 2 is 2.00 bits per heavy atom. The van der Waals surface area contributed by atoms with Crippen LogP contribution in [0.25, 0.3) is 10.6 Å². The highest BCUT2D eigenvalue weighted by atomic mass is 32.1. The summed E-state index contributed by atoms with van der Waals surface area (Å²) in [6.45, 7) is 1.34. The molecule has 2 aromatic heterocycles. The SMILES string of the molecule is O=C(Cc1csc(-c2cccnc2)n1)OCC(=O)N1CCCCCC1. The molecular weight excluding hydrogens is 338 g/mol. The third-order valence-corrected chi connectivity index (χ3v) is 5.04. The number of likely N-dealkylation sites (tertiary alicyclic amines) is 1. The Kier molecular flexibility index (Phi) is 6.11. The molecule has 1 aliphatic rings. The summed E-state index contributed by atoms with van der Waals surface area (Å²) >= 11 is 1.46. The van der Waals surface area contributed by atoms with E-state index >= 15 is 0 Å². The van der Waals surface area contributed by atoms with Gasteiger partial charge < -0.3 is 9.64 Å². The fourth-order valence-electron chi connectivity index (χ4n) is 2.76. The van der Waals surface area contributed by atoms with E-state index < -0.39 is 5.97 Å². The molecule has 3 heterocycles. The largest absolute Gasteiger partial charge is 0.455 e. The zero-order valence-electron chi connectivity index (χ0n) is 14.0. The summed E-state index contributed by atoms with van der Waals surface area (Å²) in [5, 5.41) is 2.65. The molecule has 1 fully saturated rings. The molecule has 6 nitrogen and oxygen atoms in total. The van der Waals surface area contributed by atoms with Crippen molar-refractivity contribution < 1.29 is 14.3 Å². The van der Waals surface area contributed by atoms with Crippen molar-refractivity contribution >= 4 is 23.2 Å². The molecule has 0 saturated carbocycles. The van der Waals surface area contributed by atoms with Crippen LogP contribution in [-0.4, -0.2) is 46.4 Å². The van der Waals surface area contributed by atoms with Gasteiger partial charge in [-0.1, -0.05) is 12.8 Å². The predicted molar refractivity (Wildman–Crippen MR) is 95.1 cm³/mol. The molecule has 0 unspecified atom stereocenters. The van der Waals surface area contributed by atoms with Crippen molar-refractivity contribution in [3.05, 3.63) is 35.6 Å². The Bertz CT molecular complexity index is 709. The van der Waals surface area contributed by atoms with Crippen molar-refractivity contribution in [2.24, 2.45) is 0 Å². The van der Waals surface area contributed by atoms with Crippen LogP contribution in [-0.2, 0) is 20.7 Å². The minimum Gasteiger partial charge on any atom is -0.455 e. The first kappa shape index (κ1) is 17.5. The van der Waals surface area contributed by atoms with Gasteiger partial charge in [0.25, 0.3) is 5.91 Å². The third kappa shape index (κ3) is 5.09. The maximum absolute atomic E-state index is 12.1. The number of pyridine rings is 1. The van der Waals surface area contributed by atoms with Crippen LogP contribution >= 0.6 is 11.3 Å². The van der Waals surface area contributed by atoms with Crippen molar-refractivity contribution in [3.63, 3.8) is 0 Å². The maximum Gasteiger partial charge on any atom is 0.312 e. The van der Waals surface area contributed by atoms with Gasteiger partial charge in [-0.15, -0.1) is 11.3 Å². The molecule has 7 heteroatoms. The van der Waals surface area contributed by atoms with E-state index in [-0.39, 0.29) is 18.9 Å². The van der Waals surface area contributed by atoms with Crippen molar-refractivity contribution in [2.75, 3.05) is 19.7 Å². The highest BCUT2D eigenvalue weighted by Gasteiger charge is 2.18. The van der Waals surface area contributed by atoms with Crippen molar-refractivity contribution in [1.82, 2.24) is 14.9 Å². The number of nitrogens with zero attached hydrogens (tertiary/aromatic N) is 3. The number of hydrogen-bond acceptors (Lipinski definition) is 6. The van der Waals surface area contributed by atoms with Gasteiger partial charge in [-0.3, -0.25) is 14.6 Å². The number of ether oxygens (including phenoxy) is 1. The Labute approximate surface area is 150 Å². The molecule has 132 valence electrons. The predicted octanol–water partition coefficient (Wildman–Crippen LogP) is 2.69. The number of carbonyl (C=O) groups is 2. The molecule has 0 radical (unpaired) electrons. The molecule has 3 rings (SSSR count). The van der Waals surface area contributed by atoms with Crippen LogP contribution in [0, 0.1) is 0 Å². The first-order valence-electron chi connectivity index (χ1n) is 8.50. The van der Waals surface area contributed by atoms with Crippen LogP contribution in [0.15, 0.2) is 29.9 Å². The second-order valence-corrected chi connectivity index (χ2v) is 6.88. The molecule has 0 aromatic carbocycles. The fourth-order valence-corrected chi connectivity index (χ4v) is 3.57. The Balaban J connectivity index is 1.48. The summed E-state index contributed by atoms with van der Waals surface area (Å²) in [5.41, 5.74) is 1.57. The zero-order valence-corrected chi connectivity index (χ0v) is 14.8. The molecule has 2 aromatic rings. The van der Waals surface area contributed by atoms with E-state index in [0.29, 0.717) is 5.69 Å². The molecule has 25 heavy (non-hydrogen) atoms. The summed E-state index contributed by atoms with van der Waals surface area (Å²) in [6, 6.07) is 3.77.